The van der Waals surface area contributed by atoms with Gasteiger partial charge < -0.3 is 15.4 Å². The number of rotatable bonds is 6. The van der Waals surface area contributed by atoms with Crippen LogP contribution in [0.3, 0.4) is 0 Å². The second kappa shape index (κ2) is 6.27. The van der Waals surface area contributed by atoms with Gasteiger partial charge in [-0.2, -0.15) is 0 Å². The third-order valence-corrected chi connectivity index (χ3v) is 4.47. The van der Waals surface area contributed by atoms with Gasteiger partial charge >= 0.3 is 5.97 Å². The number of likely N-dealkylation sites (N-methyl/N-ethyl adjacent to an activating group) is 1. The predicted molar refractivity (Wildman–Crippen MR) is 77.0 cm³/mol. The van der Waals surface area contributed by atoms with E-state index >= 15 is 0 Å². The number of sulfonamides is 1. The Morgan fingerprint density at radius 2 is 1.90 bits per heavy atom. The highest BCUT2D eigenvalue weighted by Gasteiger charge is 2.21. The van der Waals surface area contributed by atoms with Crippen LogP contribution in [0.5, 0.6) is 0 Å². The molecule has 0 radical (unpaired) electrons. The Morgan fingerprint density at radius 3 is 2.33 bits per heavy atom. The van der Waals surface area contributed by atoms with Crippen LogP contribution in [0.1, 0.15) is 32.1 Å². The molecule has 0 bridgehead atoms. The second-order valence-electron chi connectivity index (χ2n) is 4.77. The first-order valence-electron chi connectivity index (χ1n) is 6.17. The molecule has 0 saturated heterocycles. The number of carbonyl (C=O) groups excluding carboxylic acids is 1. The van der Waals surface area contributed by atoms with Crippen LogP contribution in [0.15, 0.2) is 0 Å². The fourth-order valence-corrected chi connectivity index (χ4v) is 2.30. The molecule has 1 heterocycles. The molecule has 0 saturated carbocycles. The van der Waals surface area contributed by atoms with Gasteiger partial charge in [-0.05, 0) is 19.4 Å². The highest BCUT2D eigenvalue weighted by Crippen LogP contribution is 2.17. The fraction of sp³-hybridized carbons (Fsp3) is 0.500. The minimum atomic E-state index is -3.29. The van der Waals surface area contributed by atoms with Crippen LogP contribution in [0.4, 0.5) is 0 Å². The number of H-pyrrole nitrogens is 1. The van der Waals surface area contributed by atoms with E-state index in [2.05, 4.69) is 10.3 Å². The van der Waals surface area contributed by atoms with Gasteiger partial charge in [0.15, 0.2) is 0 Å². The van der Waals surface area contributed by atoms with E-state index in [0.717, 1.165) is 10.6 Å². The molecular formula is C12H19N3O5S. The summed E-state index contributed by atoms with van der Waals surface area (Å²) in [5, 5.41) is 11.6. The van der Waals surface area contributed by atoms with Crippen molar-refractivity contribution in [3.05, 3.63) is 22.5 Å². The van der Waals surface area contributed by atoms with E-state index in [0.29, 0.717) is 11.3 Å². The summed E-state index contributed by atoms with van der Waals surface area (Å²) in [4.78, 5) is 25.8. The molecule has 118 valence electrons. The van der Waals surface area contributed by atoms with Crippen molar-refractivity contribution < 1.29 is 23.1 Å². The Balaban J connectivity index is 2.74. The smallest absolute Gasteiger partial charge is 0.337 e. The lowest BCUT2D eigenvalue weighted by molar-refractivity contribution is 0.0695. The zero-order chi connectivity index (χ0) is 16.4. The van der Waals surface area contributed by atoms with Crippen LogP contribution in [-0.4, -0.2) is 61.1 Å². The molecule has 0 fully saturated rings. The maximum atomic E-state index is 12.0. The van der Waals surface area contributed by atoms with Crippen LogP contribution in [0.25, 0.3) is 0 Å². The Bertz CT molecular complexity index is 663. The van der Waals surface area contributed by atoms with Crippen LogP contribution < -0.4 is 5.32 Å². The van der Waals surface area contributed by atoms with Crippen LogP contribution in [0, 0.1) is 13.8 Å². The number of carboxylic acid groups (broad SMARTS) is 1. The molecule has 0 aliphatic carbocycles. The molecule has 0 spiro atoms. The zero-order valence-electron chi connectivity index (χ0n) is 12.3. The molecule has 0 aromatic carbocycles. The largest absolute Gasteiger partial charge is 0.478 e. The molecule has 1 aromatic heterocycles. The number of hydrogen-bond donors (Lipinski definition) is 3. The number of aromatic amines is 1. The van der Waals surface area contributed by atoms with E-state index in [4.69, 9.17) is 5.11 Å². The van der Waals surface area contributed by atoms with Crippen molar-refractivity contribution >= 4 is 21.9 Å². The average molecular weight is 317 g/mol. The number of nitrogens with one attached hydrogen (secondary N) is 2. The number of aromatic nitrogens is 1. The second-order valence-corrected chi connectivity index (χ2v) is 6.86. The van der Waals surface area contributed by atoms with Gasteiger partial charge in [-0.15, -0.1) is 0 Å². The van der Waals surface area contributed by atoms with Crippen molar-refractivity contribution in [2.75, 3.05) is 26.4 Å². The first-order chi connectivity index (χ1) is 9.55. The molecule has 0 unspecified atom stereocenters. The van der Waals surface area contributed by atoms with Crippen molar-refractivity contribution in [2.24, 2.45) is 0 Å². The molecule has 1 amide bonds. The van der Waals surface area contributed by atoms with Crippen LogP contribution in [0.2, 0.25) is 0 Å². The fourth-order valence-electron chi connectivity index (χ4n) is 1.88. The summed E-state index contributed by atoms with van der Waals surface area (Å²) in [5.74, 6) is -1.57. The minimum absolute atomic E-state index is 0.0772. The molecule has 1 aromatic rings. The van der Waals surface area contributed by atoms with Gasteiger partial charge in [0.05, 0.1) is 11.8 Å². The van der Waals surface area contributed by atoms with Gasteiger partial charge in [0.25, 0.3) is 5.91 Å². The lowest BCUT2D eigenvalue weighted by Crippen LogP contribution is -2.35. The Hall–Kier alpha value is -1.87. The number of aromatic carboxylic acids is 1. The lowest BCUT2D eigenvalue weighted by atomic mass is 10.1. The van der Waals surface area contributed by atoms with Crippen molar-refractivity contribution in [1.82, 2.24) is 14.6 Å². The SMILES string of the molecule is Cc1[nH]c(C(=O)NCCN(C)S(C)(=O)=O)c(C)c1C(=O)O. The topological polar surface area (TPSA) is 120 Å². The monoisotopic (exact) mass is 317 g/mol. The minimum Gasteiger partial charge on any atom is -0.478 e. The highest BCUT2D eigenvalue weighted by molar-refractivity contribution is 7.88. The summed E-state index contributed by atoms with van der Waals surface area (Å²) in [5.41, 5.74) is 1.01. The van der Waals surface area contributed by atoms with E-state index in [-0.39, 0.29) is 24.3 Å². The molecule has 0 aliphatic heterocycles. The maximum absolute atomic E-state index is 12.0. The Labute approximate surface area is 123 Å². The Morgan fingerprint density at radius 1 is 1.33 bits per heavy atom. The average Bonchev–Trinajstić information content (AvgIpc) is 2.63. The first-order valence-corrected chi connectivity index (χ1v) is 8.02. The summed E-state index contributed by atoms with van der Waals surface area (Å²) >= 11 is 0. The summed E-state index contributed by atoms with van der Waals surface area (Å²) in [7, 11) is -1.88. The van der Waals surface area contributed by atoms with Crippen molar-refractivity contribution in [3.63, 3.8) is 0 Å². The number of hydrogen-bond acceptors (Lipinski definition) is 4. The predicted octanol–water partition coefficient (Wildman–Crippen LogP) is -0.0491. The van der Waals surface area contributed by atoms with Crippen molar-refractivity contribution in [3.8, 4) is 0 Å². The quantitative estimate of drug-likeness (QED) is 0.679. The highest BCUT2D eigenvalue weighted by atomic mass is 32.2. The molecule has 3 N–H and O–H groups in total. The molecule has 8 nitrogen and oxygen atoms in total. The van der Waals surface area contributed by atoms with Crippen molar-refractivity contribution in [1.29, 1.82) is 0 Å². The zero-order valence-corrected chi connectivity index (χ0v) is 13.2. The number of amides is 1. The van der Waals surface area contributed by atoms with E-state index < -0.39 is 21.9 Å². The standard InChI is InChI=1S/C12H19N3O5S/c1-7-9(12(17)18)8(2)14-10(7)11(16)13-5-6-15(3)21(4,19)20/h14H,5-6H2,1-4H3,(H,13,16)(H,17,18). The molecular weight excluding hydrogens is 298 g/mol. The number of nitrogens with zero attached hydrogens (tertiary/aromatic N) is 1. The third-order valence-electron chi connectivity index (χ3n) is 3.16. The number of carbonyl (C=O) groups is 2. The summed E-state index contributed by atoms with van der Waals surface area (Å²) in [6, 6.07) is 0. The molecule has 0 atom stereocenters. The van der Waals surface area contributed by atoms with E-state index in [9.17, 15) is 18.0 Å². The van der Waals surface area contributed by atoms with Crippen LogP contribution >= 0.6 is 0 Å². The van der Waals surface area contributed by atoms with E-state index in [1.165, 1.54) is 7.05 Å². The normalized spacial score (nSPS) is 11.7. The van der Waals surface area contributed by atoms with Gasteiger partial charge in [-0.3, -0.25) is 4.79 Å². The van der Waals surface area contributed by atoms with Crippen molar-refractivity contribution in [2.45, 2.75) is 13.8 Å². The first kappa shape index (κ1) is 17.2. The molecule has 1 rings (SSSR count). The summed E-state index contributed by atoms with van der Waals surface area (Å²) < 4.78 is 23.5. The van der Waals surface area contributed by atoms with Crippen LogP contribution in [-0.2, 0) is 10.0 Å². The summed E-state index contributed by atoms with van der Waals surface area (Å²) in [6.45, 7) is 3.38. The van der Waals surface area contributed by atoms with Gasteiger partial charge in [0.1, 0.15) is 5.69 Å². The van der Waals surface area contributed by atoms with Gasteiger partial charge in [0, 0.05) is 25.8 Å². The lowest BCUT2D eigenvalue weighted by Gasteiger charge is -2.14. The van der Waals surface area contributed by atoms with Gasteiger partial charge in [-0.1, -0.05) is 0 Å². The third kappa shape index (κ3) is 4.05. The molecule has 0 aliphatic rings. The number of aryl methyl sites for hydroxylation is 1. The number of carboxylic acids is 1. The van der Waals surface area contributed by atoms with E-state index in [1.54, 1.807) is 13.8 Å². The Kier molecular flexibility index (Phi) is 5.13. The maximum Gasteiger partial charge on any atom is 0.337 e. The summed E-state index contributed by atoms with van der Waals surface area (Å²) in [6.07, 6.45) is 1.08. The molecule has 21 heavy (non-hydrogen) atoms. The van der Waals surface area contributed by atoms with E-state index in [1.807, 2.05) is 0 Å². The van der Waals surface area contributed by atoms with Gasteiger partial charge in [0.2, 0.25) is 10.0 Å². The molecule has 9 heteroatoms. The van der Waals surface area contributed by atoms with Gasteiger partial charge in [-0.25, -0.2) is 17.5 Å².